The van der Waals surface area contributed by atoms with Crippen molar-refractivity contribution in [2.75, 3.05) is 0 Å². The number of fused-ring (bicyclic) bond motifs is 10. The Morgan fingerprint density at radius 2 is 1.33 bits per heavy atom. The third-order valence-corrected chi connectivity index (χ3v) is 12.0. The van der Waals surface area contributed by atoms with Crippen LogP contribution in [0.3, 0.4) is 0 Å². The van der Waals surface area contributed by atoms with E-state index in [0.29, 0.717) is 0 Å². The molecule has 0 saturated carbocycles. The van der Waals surface area contributed by atoms with Crippen LogP contribution in [0.25, 0.3) is 17.2 Å². The number of nitrogens with one attached hydrogen (secondary N) is 1. The summed E-state index contributed by atoms with van der Waals surface area (Å²) in [6.07, 6.45) is 15.6. The zero-order valence-corrected chi connectivity index (χ0v) is 29.7. The molecule has 2 aliphatic heterocycles. The minimum atomic E-state index is -0.428. The molecule has 1 N–H and O–H groups in total. The van der Waals surface area contributed by atoms with E-state index in [1.165, 1.54) is 50.1 Å². The van der Waals surface area contributed by atoms with Gasteiger partial charge in [0.1, 0.15) is 23.5 Å². The highest BCUT2D eigenvalue weighted by atomic mass is 16.5. The minimum absolute atomic E-state index is 0.144. The fourth-order valence-electron chi connectivity index (χ4n) is 9.59. The molecule has 0 fully saturated rings. The van der Waals surface area contributed by atoms with Gasteiger partial charge in [0.05, 0.1) is 5.41 Å². The van der Waals surface area contributed by atoms with Crippen LogP contribution >= 0.6 is 0 Å². The van der Waals surface area contributed by atoms with Gasteiger partial charge in [-0.1, -0.05) is 158 Å². The van der Waals surface area contributed by atoms with Gasteiger partial charge in [-0.05, 0) is 64.4 Å². The van der Waals surface area contributed by atoms with Crippen molar-refractivity contribution in [2.45, 2.75) is 30.3 Å². The number of benzene rings is 6. The predicted molar refractivity (Wildman–Crippen MR) is 218 cm³/mol. The molecule has 4 nitrogen and oxygen atoms in total. The Morgan fingerprint density at radius 3 is 2.15 bits per heavy atom. The third-order valence-electron chi connectivity index (χ3n) is 12.0. The van der Waals surface area contributed by atoms with Gasteiger partial charge in [0, 0.05) is 39.7 Å². The smallest absolute Gasteiger partial charge is 0.159 e. The number of rotatable bonds is 4. The molecule has 0 saturated heterocycles. The molecule has 0 amide bonds. The lowest BCUT2D eigenvalue weighted by molar-refractivity contribution is 0.374. The SMILES string of the molecule is C1=CC2c3c(C4N=C(c5ccccc5)N=C(c5ccc(-c6ccc7c(c6)C=CCC7)cc5)N4)cccc3C3(c4ccccc4Oc4ccccc43)C2C=C1. The monoisotopic (exact) mass is 695 g/mol. The van der Waals surface area contributed by atoms with Crippen molar-refractivity contribution in [3.05, 3.63) is 220 Å². The van der Waals surface area contributed by atoms with Crippen LogP contribution in [-0.2, 0) is 11.8 Å². The van der Waals surface area contributed by atoms with Crippen LogP contribution in [-0.4, -0.2) is 11.7 Å². The van der Waals surface area contributed by atoms with Crippen molar-refractivity contribution in [1.29, 1.82) is 0 Å². The Kier molecular flexibility index (Phi) is 7.06. The van der Waals surface area contributed by atoms with Crippen LogP contribution in [0.2, 0.25) is 0 Å². The summed E-state index contributed by atoms with van der Waals surface area (Å²) in [5.74, 6) is 3.68. The van der Waals surface area contributed by atoms with Crippen molar-refractivity contribution in [3.63, 3.8) is 0 Å². The van der Waals surface area contributed by atoms with Crippen LogP contribution in [0.15, 0.2) is 180 Å². The lowest BCUT2D eigenvalue weighted by atomic mass is 9.62. The Bertz CT molecular complexity index is 2580. The Hall–Kier alpha value is -6.52. The molecule has 6 aromatic rings. The van der Waals surface area contributed by atoms with Crippen LogP contribution < -0.4 is 10.1 Å². The zero-order chi connectivity index (χ0) is 35.6. The van der Waals surface area contributed by atoms with Gasteiger partial charge in [0.15, 0.2) is 5.84 Å². The molecule has 0 aromatic heterocycles. The Morgan fingerprint density at radius 1 is 0.630 bits per heavy atom. The van der Waals surface area contributed by atoms with Gasteiger partial charge in [0.2, 0.25) is 0 Å². The number of allylic oxidation sites excluding steroid dienone is 5. The number of aryl methyl sites for hydroxylation is 1. The maximum atomic E-state index is 6.60. The second-order valence-corrected chi connectivity index (χ2v) is 14.8. The molecule has 3 aliphatic carbocycles. The molecule has 4 heteroatoms. The van der Waals surface area contributed by atoms with Gasteiger partial charge in [-0.25, -0.2) is 9.98 Å². The van der Waals surface area contributed by atoms with Gasteiger partial charge in [-0.3, -0.25) is 0 Å². The quantitative estimate of drug-likeness (QED) is 0.200. The third kappa shape index (κ3) is 4.69. The summed E-state index contributed by atoms with van der Waals surface area (Å²) in [6, 6.07) is 50.0. The average molecular weight is 696 g/mol. The van der Waals surface area contributed by atoms with E-state index in [1.54, 1.807) is 0 Å². The summed E-state index contributed by atoms with van der Waals surface area (Å²) in [6.45, 7) is 0. The molecule has 0 radical (unpaired) electrons. The molecular formula is C50H37N3O. The van der Waals surface area contributed by atoms with Crippen LogP contribution in [0.4, 0.5) is 0 Å². The van der Waals surface area contributed by atoms with E-state index in [4.69, 9.17) is 14.7 Å². The Balaban J connectivity index is 1.05. The summed E-state index contributed by atoms with van der Waals surface area (Å²) < 4.78 is 6.60. The highest BCUT2D eigenvalue weighted by Crippen LogP contribution is 2.65. The van der Waals surface area contributed by atoms with Crippen molar-refractivity contribution in [1.82, 2.24) is 5.32 Å². The molecule has 6 aromatic carbocycles. The van der Waals surface area contributed by atoms with E-state index in [9.17, 15) is 0 Å². The maximum Gasteiger partial charge on any atom is 0.159 e. The molecule has 1 spiro atoms. The molecular weight excluding hydrogens is 659 g/mol. The van der Waals surface area contributed by atoms with Crippen molar-refractivity contribution < 1.29 is 4.74 Å². The molecule has 0 bridgehead atoms. The van der Waals surface area contributed by atoms with Crippen molar-refractivity contribution in [3.8, 4) is 22.6 Å². The van der Waals surface area contributed by atoms with Gasteiger partial charge in [-0.15, -0.1) is 0 Å². The standard InChI is InChI=1S/C50H37N3O/c1-2-14-34(15-3-1)47-51-48(35-28-25-33(26-29-35)37-30-27-32-13-4-5-16-36(32)31-37)53-49(52-47)39-18-12-22-43-46(39)38-17-6-7-19-40(38)50(43)41-20-8-10-23-44(41)54-45-24-11-9-21-42(45)50/h1-3,5-12,14-31,38,40,49H,4,13H2,(H,51,52,53). The molecule has 3 unspecified atom stereocenters. The second-order valence-electron chi connectivity index (χ2n) is 14.8. The summed E-state index contributed by atoms with van der Waals surface area (Å²) in [7, 11) is 0. The molecule has 3 atom stereocenters. The van der Waals surface area contributed by atoms with Crippen molar-refractivity contribution in [2.24, 2.45) is 15.9 Å². The number of hydrogen-bond donors (Lipinski definition) is 1. The van der Waals surface area contributed by atoms with E-state index in [2.05, 4.69) is 175 Å². The number of para-hydroxylation sites is 2. The first kappa shape index (κ1) is 31.0. The lowest BCUT2D eigenvalue weighted by Crippen LogP contribution is -2.37. The molecule has 54 heavy (non-hydrogen) atoms. The molecule has 11 rings (SSSR count). The lowest BCUT2D eigenvalue weighted by Gasteiger charge is -2.43. The molecule has 5 aliphatic rings. The fourth-order valence-corrected chi connectivity index (χ4v) is 9.59. The fraction of sp³-hybridized carbons (Fsp3) is 0.120. The predicted octanol–water partition coefficient (Wildman–Crippen LogP) is 11.1. The molecule has 2 heterocycles. The van der Waals surface area contributed by atoms with Crippen LogP contribution in [0.1, 0.15) is 68.6 Å². The number of nitrogens with zero attached hydrogens (tertiary/aromatic N) is 2. The van der Waals surface area contributed by atoms with Crippen LogP contribution in [0.5, 0.6) is 11.5 Å². The van der Waals surface area contributed by atoms with Gasteiger partial charge in [0.25, 0.3) is 0 Å². The Labute approximate surface area is 315 Å². The highest BCUT2D eigenvalue weighted by molar-refractivity contribution is 6.13. The number of aliphatic imine (C=N–C) groups is 2. The first-order valence-corrected chi connectivity index (χ1v) is 19.0. The average Bonchev–Trinajstić information content (AvgIpc) is 3.54. The van der Waals surface area contributed by atoms with Gasteiger partial charge in [-0.2, -0.15) is 0 Å². The first-order chi connectivity index (χ1) is 26.8. The molecule has 258 valence electrons. The number of amidine groups is 2. The number of hydrogen-bond acceptors (Lipinski definition) is 4. The van der Waals surface area contributed by atoms with E-state index < -0.39 is 5.41 Å². The van der Waals surface area contributed by atoms with Gasteiger partial charge < -0.3 is 10.1 Å². The second kappa shape index (κ2) is 12.3. The highest BCUT2D eigenvalue weighted by Gasteiger charge is 2.57. The largest absolute Gasteiger partial charge is 0.457 e. The van der Waals surface area contributed by atoms with E-state index in [1.807, 2.05) is 6.07 Å². The summed E-state index contributed by atoms with van der Waals surface area (Å²) in [5, 5.41) is 3.83. The topological polar surface area (TPSA) is 46.0 Å². The first-order valence-electron chi connectivity index (χ1n) is 19.0. The van der Waals surface area contributed by atoms with Gasteiger partial charge >= 0.3 is 0 Å². The number of ether oxygens (including phenoxy) is 1. The zero-order valence-electron chi connectivity index (χ0n) is 29.7. The maximum absolute atomic E-state index is 6.60. The van der Waals surface area contributed by atoms with Crippen LogP contribution in [0, 0.1) is 5.92 Å². The minimum Gasteiger partial charge on any atom is -0.457 e. The van der Waals surface area contributed by atoms with E-state index >= 15 is 0 Å². The summed E-state index contributed by atoms with van der Waals surface area (Å²) in [4.78, 5) is 10.6. The van der Waals surface area contributed by atoms with Crippen molar-refractivity contribution >= 4 is 17.7 Å². The normalized spacial score (nSPS) is 20.7. The summed E-state index contributed by atoms with van der Waals surface area (Å²) in [5.41, 5.74) is 13.0. The van der Waals surface area contributed by atoms with E-state index in [-0.39, 0.29) is 18.0 Å². The summed E-state index contributed by atoms with van der Waals surface area (Å²) >= 11 is 0. The van der Waals surface area contributed by atoms with E-state index in [0.717, 1.165) is 47.1 Å².